The lowest BCUT2D eigenvalue weighted by Gasteiger charge is -2.12. The number of rotatable bonds is 5. The van der Waals surface area contributed by atoms with Gasteiger partial charge in [-0.3, -0.25) is 0 Å². The van der Waals surface area contributed by atoms with Gasteiger partial charge in [0, 0.05) is 11.6 Å². The molecular weight excluding hydrogens is 340 g/mol. The zero-order valence-corrected chi connectivity index (χ0v) is 14.4. The van der Waals surface area contributed by atoms with Gasteiger partial charge in [0.05, 0.1) is 5.56 Å². The number of carbonyl (C=O) groups is 1. The van der Waals surface area contributed by atoms with Crippen molar-refractivity contribution < 1.29 is 22.8 Å². The molecule has 0 amide bonds. The number of carbonyl (C=O) groups excluding carboxylic acids is 1. The fraction of sp³-hybridized carbons (Fsp3) is 0.467. The van der Waals surface area contributed by atoms with Gasteiger partial charge in [-0.1, -0.05) is 25.9 Å². The van der Waals surface area contributed by atoms with E-state index in [2.05, 4.69) is 15.1 Å². The molecule has 2 rings (SSSR count). The normalized spacial score (nSPS) is 13.1. The summed E-state index contributed by atoms with van der Waals surface area (Å²) in [7, 11) is 0. The molecule has 0 aliphatic rings. The van der Waals surface area contributed by atoms with Gasteiger partial charge in [-0.15, -0.1) is 0 Å². The van der Waals surface area contributed by atoms with Crippen molar-refractivity contribution in [2.24, 2.45) is 0 Å². The van der Waals surface area contributed by atoms with Crippen LogP contribution in [0.5, 0.6) is 0 Å². The maximum Gasteiger partial charge on any atom is 0.341 e. The second kappa shape index (κ2) is 7.25. The van der Waals surface area contributed by atoms with Crippen LogP contribution in [-0.2, 0) is 10.2 Å². The fourth-order valence-corrected chi connectivity index (χ4v) is 2.27. The number of esters is 1. The fourth-order valence-electron chi connectivity index (χ4n) is 1.70. The van der Waals surface area contributed by atoms with E-state index in [1.807, 2.05) is 20.8 Å². The van der Waals surface area contributed by atoms with Crippen molar-refractivity contribution in [2.75, 3.05) is 0 Å². The molecule has 24 heavy (non-hydrogen) atoms. The number of hydrogen-bond donors (Lipinski definition) is 0. The zero-order valence-electron chi connectivity index (χ0n) is 13.6. The largest absolute Gasteiger partial charge is 0.449 e. The third-order valence-electron chi connectivity index (χ3n) is 2.94. The van der Waals surface area contributed by atoms with Crippen LogP contribution in [0.25, 0.3) is 0 Å². The molecule has 0 aromatic carbocycles. The Morgan fingerprint density at radius 1 is 1.38 bits per heavy atom. The summed E-state index contributed by atoms with van der Waals surface area (Å²) in [4.78, 5) is 20.2. The number of halogens is 2. The molecule has 2 aromatic heterocycles. The van der Waals surface area contributed by atoms with Gasteiger partial charge in [0.25, 0.3) is 11.6 Å². The van der Waals surface area contributed by atoms with Gasteiger partial charge in [0.1, 0.15) is 5.03 Å². The first kappa shape index (κ1) is 18.3. The standard InChI is InChI=1S/C15H17F2N3O3S/c1-8(10-19-13(20-23-10)15(2,3)4)22-12(21)9-6-5-7-18-11(9)24-14(16)17/h5-8,14H,1-4H3. The molecule has 130 valence electrons. The van der Waals surface area contributed by atoms with Crippen LogP contribution in [0.1, 0.15) is 55.9 Å². The molecule has 0 saturated carbocycles. The maximum absolute atomic E-state index is 12.5. The minimum atomic E-state index is -2.69. The highest BCUT2D eigenvalue weighted by molar-refractivity contribution is 7.99. The van der Waals surface area contributed by atoms with Crippen LogP contribution in [0, 0.1) is 0 Å². The Labute approximate surface area is 142 Å². The maximum atomic E-state index is 12.5. The molecular formula is C15H17F2N3O3S. The number of alkyl halides is 2. The molecule has 0 bridgehead atoms. The Kier molecular flexibility index (Phi) is 5.53. The van der Waals surface area contributed by atoms with Crippen LogP contribution < -0.4 is 0 Å². The SMILES string of the molecule is CC(OC(=O)c1cccnc1SC(F)F)c1nc(C(C)(C)C)no1. The van der Waals surface area contributed by atoms with Crippen molar-refractivity contribution in [3.8, 4) is 0 Å². The Morgan fingerprint density at radius 3 is 2.67 bits per heavy atom. The van der Waals surface area contributed by atoms with Crippen LogP contribution in [-0.4, -0.2) is 26.9 Å². The van der Waals surface area contributed by atoms with E-state index in [0.29, 0.717) is 5.82 Å². The summed E-state index contributed by atoms with van der Waals surface area (Å²) in [5.74, 6) is -2.85. The molecule has 6 nitrogen and oxygen atoms in total. The monoisotopic (exact) mass is 357 g/mol. The van der Waals surface area contributed by atoms with E-state index in [9.17, 15) is 13.6 Å². The topological polar surface area (TPSA) is 78.1 Å². The predicted molar refractivity (Wildman–Crippen MR) is 82.9 cm³/mol. The Hall–Kier alpha value is -2.03. The molecule has 1 atom stereocenters. The Bertz CT molecular complexity index is 716. The molecule has 1 unspecified atom stereocenters. The van der Waals surface area contributed by atoms with Crippen molar-refractivity contribution in [1.29, 1.82) is 0 Å². The first-order chi connectivity index (χ1) is 11.2. The number of thioether (sulfide) groups is 1. The first-order valence-corrected chi connectivity index (χ1v) is 8.01. The van der Waals surface area contributed by atoms with Crippen LogP contribution in [0.4, 0.5) is 8.78 Å². The third kappa shape index (κ3) is 4.50. The molecule has 0 aliphatic heterocycles. The van der Waals surface area contributed by atoms with E-state index >= 15 is 0 Å². The summed E-state index contributed by atoms with van der Waals surface area (Å²) in [5.41, 5.74) is -0.346. The van der Waals surface area contributed by atoms with Crippen molar-refractivity contribution >= 4 is 17.7 Å². The van der Waals surface area contributed by atoms with E-state index < -0.39 is 17.8 Å². The number of nitrogens with zero attached hydrogens (tertiary/aromatic N) is 3. The summed E-state index contributed by atoms with van der Waals surface area (Å²) < 4.78 is 35.4. The van der Waals surface area contributed by atoms with Crippen molar-refractivity contribution in [3.05, 3.63) is 35.6 Å². The molecule has 0 spiro atoms. The average Bonchev–Trinajstić information content (AvgIpc) is 2.97. The van der Waals surface area contributed by atoms with Crippen molar-refractivity contribution in [1.82, 2.24) is 15.1 Å². The first-order valence-electron chi connectivity index (χ1n) is 7.13. The summed E-state index contributed by atoms with van der Waals surface area (Å²) in [6.07, 6.45) is 0.518. The van der Waals surface area contributed by atoms with E-state index in [-0.39, 0.29) is 33.7 Å². The Balaban J connectivity index is 2.13. The van der Waals surface area contributed by atoms with Crippen LogP contribution in [0.15, 0.2) is 27.9 Å². The lowest BCUT2D eigenvalue weighted by Crippen LogP contribution is -2.14. The van der Waals surface area contributed by atoms with Crippen molar-refractivity contribution in [2.45, 2.75) is 50.0 Å². The van der Waals surface area contributed by atoms with Gasteiger partial charge >= 0.3 is 5.97 Å². The predicted octanol–water partition coefficient (Wildman–Crippen LogP) is 3.99. The molecule has 0 aliphatic carbocycles. The molecule has 0 N–H and O–H groups in total. The summed E-state index contributed by atoms with van der Waals surface area (Å²) in [6, 6.07) is 2.85. The van der Waals surface area contributed by atoms with E-state index in [0.717, 1.165) is 0 Å². The summed E-state index contributed by atoms with van der Waals surface area (Å²) >= 11 is 0.187. The van der Waals surface area contributed by atoms with Gasteiger partial charge < -0.3 is 9.26 Å². The molecule has 2 aromatic rings. The number of pyridine rings is 1. The third-order valence-corrected chi connectivity index (χ3v) is 3.66. The summed E-state index contributed by atoms with van der Waals surface area (Å²) in [6.45, 7) is 7.32. The number of aromatic nitrogens is 3. The highest BCUT2D eigenvalue weighted by Crippen LogP contribution is 2.28. The van der Waals surface area contributed by atoms with Gasteiger partial charge in [0.15, 0.2) is 11.9 Å². The minimum absolute atomic E-state index is 0.0368. The van der Waals surface area contributed by atoms with Gasteiger partial charge in [-0.05, 0) is 30.8 Å². The molecule has 0 radical (unpaired) electrons. The average molecular weight is 357 g/mol. The second-order valence-electron chi connectivity index (χ2n) is 5.99. The van der Waals surface area contributed by atoms with Crippen LogP contribution in [0.3, 0.4) is 0 Å². The number of hydrogen-bond acceptors (Lipinski definition) is 7. The Morgan fingerprint density at radius 2 is 2.08 bits per heavy atom. The second-order valence-corrected chi connectivity index (χ2v) is 6.97. The smallest absolute Gasteiger partial charge is 0.341 e. The van der Waals surface area contributed by atoms with E-state index in [4.69, 9.17) is 9.26 Å². The number of ether oxygens (including phenoxy) is 1. The van der Waals surface area contributed by atoms with Gasteiger partial charge in [0.2, 0.25) is 0 Å². The van der Waals surface area contributed by atoms with Gasteiger partial charge in [-0.25, -0.2) is 9.78 Å². The molecule has 9 heteroatoms. The molecule has 0 fully saturated rings. The molecule has 0 saturated heterocycles. The molecule has 2 heterocycles. The lowest BCUT2D eigenvalue weighted by atomic mass is 9.96. The van der Waals surface area contributed by atoms with Crippen molar-refractivity contribution in [3.63, 3.8) is 0 Å². The lowest BCUT2D eigenvalue weighted by molar-refractivity contribution is 0.0260. The van der Waals surface area contributed by atoms with E-state index in [1.165, 1.54) is 18.3 Å². The van der Waals surface area contributed by atoms with E-state index in [1.54, 1.807) is 6.92 Å². The highest BCUT2D eigenvalue weighted by Gasteiger charge is 2.26. The minimum Gasteiger partial charge on any atom is -0.449 e. The highest BCUT2D eigenvalue weighted by atomic mass is 32.2. The van der Waals surface area contributed by atoms with Gasteiger partial charge in [-0.2, -0.15) is 13.8 Å². The zero-order chi connectivity index (χ0) is 17.9. The quantitative estimate of drug-likeness (QED) is 0.591. The summed E-state index contributed by atoms with van der Waals surface area (Å²) in [5, 5.41) is 3.76. The van der Waals surface area contributed by atoms with Crippen LogP contribution >= 0.6 is 11.8 Å². The van der Waals surface area contributed by atoms with Crippen LogP contribution in [0.2, 0.25) is 0 Å².